The third-order valence-corrected chi connectivity index (χ3v) is 10.3. The quantitative estimate of drug-likeness (QED) is 0.166. The van der Waals surface area contributed by atoms with Gasteiger partial charge in [-0.3, -0.25) is 0 Å². The van der Waals surface area contributed by atoms with Crippen LogP contribution in [0.2, 0.25) is 0 Å². The molecule has 2 aromatic heterocycles. The number of furan rings is 1. The van der Waals surface area contributed by atoms with Crippen LogP contribution >= 0.6 is 0 Å². The van der Waals surface area contributed by atoms with Crippen molar-refractivity contribution < 1.29 is 4.42 Å². The van der Waals surface area contributed by atoms with Gasteiger partial charge in [0, 0.05) is 27.5 Å². The molecule has 55 heavy (non-hydrogen) atoms. The summed E-state index contributed by atoms with van der Waals surface area (Å²) in [5, 5.41) is 2.24. The van der Waals surface area contributed by atoms with Crippen molar-refractivity contribution in [2.75, 3.05) is 0 Å². The van der Waals surface area contributed by atoms with Crippen molar-refractivity contribution in [1.82, 2.24) is 9.97 Å². The number of hydrogen-bond acceptors (Lipinski definition) is 3. The Morgan fingerprint density at radius 3 is 1.42 bits per heavy atom. The zero-order valence-electron chi connectivity index (χ0n) is 29.9. The van der Waals surface area contributed by atoms with Crippen molar-refractivity contribution in [2.24, 2.45) is 0 Å². The predicted molar refractivity (Wildman–Crippen MR) is 227 cm³/mol. The van der Waals surface area contributed by atoms with E-state index in [0.717, 1.165) is 89.0 Å². The van der Waals surface area contributed by atoms with Gasteiger partial charge in [-0.25, -0.2) is 9.97 Å². The molecule has 0 aliphatic carbocycles. The number of fused-ring (bicyclic) bond motifs is 3. The SMILES string of the molecule is c1ccc(-c2cc(-c3ccc(-c4cc(-c5ccccc5)nc(-c5ccccc5)n4)cc3)c(-c3ccccc3)c(-c3ccc4c(c3)oc3ccccc34)c2)cc1. The summed E-state index contributed by atoms with van der Waals surface area (Å²) in [6, 6.07) is 72.3. The van der Waals surface area contributed by atoms with E-state index in [2.05, 4.69) is 158 Å². The van der Waals surface area contributed by atoms with Crippen LogP contribution in [0.5, 0.6) is 0 Å². The zero-order chi connectivity index (χ0) is 36.6. The fraction of sp³-hybridized carbons (Fsp3) is 0. The van der Waals surface area contributed by atoms with Gasteiger partial charge in [-0.05, 0) is 80.9 Å². The first kappa shape index (κ1) is 32.3. The van der Waals surface area contributed by atoms with Crippen molar-refractivity contribution in [2.45, 2.75) is 0 Å². The second-order valence-electron chi connectivity index (χ2n) is 13.8. The molecular weight excluding hydrogens is 669 g/mol. The first-order valence-electron chi connectivity index (χ1n) is 18.6. The largest absolute Gasteiger partial charge is 0.456 e. The van der Waals surface area contributed by atoms with Crippen LogP contribution in [0.15, 0.2) is 211 Å². The van der Waals surface area contributed by atoms with Crippen LogP contribution in [0.1, 0.15) is 0 Å². The molecule has 258 valence electrons. The highest BCUT2D eigenvalue weighted by molar-refractivity contribution is 6.07. The van der Waals surface area contributed by atoms with Crippen molar-refractivity contribution in [1.29, 1.82) is 0 Å². The molecule has 0 saturated carbocycles. The summed E-state index contributed by atoms with van der Waals surface area (Å²) in [5.74, 6) is 0.703. The van der Waals surface area contributed by atoms with E-state index >= 15 is 0 Å². The lowest BCUT2D eigenvalue weighted by Crippen LogP contribution is -1.96. The smallest absolute Gasteiger partial charge is 0.160 e. The van der Waals surface area contributed by atoms with Crippen molar-refractivity contribution in [3.8, 4) is 78.4 Å². The van der Waals surface area contributed by atoms with Crippen LogP contribution < -0.4 is 0 Å². The molecule has 0 N–H and O–H groups in total. The maximum Gasteiger partial charge on any atom is 0.160 e. The Hall–Kier alpha value is -7.36. The summed E-state index contributed by atoms with van der Waals surface area (Å²) in [7, 11) is 0. The number of rotatable bonds is 7. The fourth-order valence-corrected chi connectivity index (χ4v) is 7.59. The molecule has 0 saturated heterocycles. The van der Waals surface area contributed by atoms with Gasteiger partial charge in [-0.2, -0.15) is 0 Å². The molecule has 3 heteroatoms. The summed E-state index contributed by atoms with van der Waals surface area (Å²) in [5.41, 5.74) is 15.7. The minimum Gasteiger partial charge on any atom is -0.456 e. The lowest BCUT2D eigenvalue weighted by atomic mass is 9.84. The van der Waals surface area contributed by atoms with Gasteiger partial charge in [-0.15, -0.1) is 0 Å². The average molecular weight is 703 g/mol. The number of benzene rings is 8. The molecule has 0 bridgehead atoms. The normalized spacial score (nSPS) is 11.3. The number of hydrogen-bond donors (Lipinski definition) is 0. The highest BCUT2D eigenvalue weighted by Crippen LogP contribution is 2.45. The standard InChI is InChI=1S/C52H34N2O/c1-5-15-35(16-6-1)42-31-45(51(39-19-9-3-10-20-39)46(32-42)41-29-30-44-43-23-13-14-24-49(43)55-50(44)33-41)36-25-27-38(28-26-36)48-34-47(37-17-7-2-8-18-37)53-52(54-48)40-21-11-4-12-22-40/h1-34H. The van der Waals surface area contributed by atoms with Gasteiger partial charge in [0.25, 0.3) is 0 Å². The molecule has 0 aliphatic heterocycles. The Kier molecular flexibility index (Phi) is 8.16. The van der Waals surface area contributed by atoms with Crippen LogP contribution in [0.3, 0.4) is 0 Å². The molecule has 3 nitrogen and oxygen atoms in total. The van der Waals surface area contributed by atoms with E-state index in [-0.39, 0.29) is 0 Å². The molecule has 0 aliphatic rings. The molecule has 10 aromatic rings. The first-order valence-corrected chi connectivity index (χ1v) is 18.6. The maximum atomic E-state index is 6.41. The molecule has 0 amide bonds. The minimum absolute atomic E-state index is 0.703. The highest BCUT2D eigenvalue weighted by Gasteiger charge is 2.19. The summed E-state index contributed by atoms with van der Waals surface area (Å²) < 4.78 is 6.41. The van der Waals surface area contributed by atoms with Gasteiger partial charge >= 0.3 is 0 Å². The molecule has 2 heterocycles. The Labute approximate surface area is 319 Å². The van der Waals surface area contributed by atoms with Crippen LogP contribution in [-0.4, -0.2) is 9.97 Å². The second kappa shape index (κ2) is 13.9. The molecule has 0 fully saturated rings. The van der Waals surface area contributed by atoms with Crippen LogP contribution in [-0.2, 0) is 0 Å². The van der Waals surface area contributed by atoms with E-state index in [1.54, 1.807) is 0 Å². The zero-order valence-corrected chi connectivity index (χ0v) is 29.9. The van der Waals surface area contributed by atoms with Gasteiger partial charge in [0.1, 0.15) is 11.2 Å². The van der Waals surface area contributed by atoms with Crippen LogP contribution in [0.25, 0.3) is 100 Å². The monoisotopic (exact) mass is 702 g/mol. The van der Waals surface area contributed by atoms with Gasteiger partial charge in [0.2, 0.25) is 0 Å². The molecule has 8 aromatic carbocycles. The van der Waals surface area contributed by atoms with Crippen LogP contribution in [0.4, 0.5) is 0 Å². The minimum atomic E-state index is 0.703. The van der Waals surface area contributed by atoms with Crippen molar-refractivity contribution in [3.63, 3.8) is 0 Å². The van der Waals surface area contributed by atoms with Crippen molar-refractivity contribution >= 4 is 21.9 Å². The van der Waals surface area contributed by atoms with Gasteiger partial charge in [0.15, 0.2) is 5.82 Å². The Bertz CT molecular complexity index is 2880. The molecular formula is C52H34N2O. The van der Waals surface area contributed by atoms with Crippen molar-refractivity contribution in [3.05, 3.63) is 206 Å². The number of nitrogens with zero attached hydrogens (tertiary/aromatic N) is 2. The summed E-state index contributed by atoms with van der Waals surface area (Å²) in [6.07, 6.45) is 0. The summed E-state index contributed by atoms with van der Waals surface area (Å²) in [6.45, 7) is 0. The number of aromatic nitrogens is 2. The van der Waals surface area contributed by atoms with E-state index < -0.39 is 0 Å². The highest BCUT2D eigenvalue weighted by atomic mass is 16.3. The van der Waals surface area contributed by atoms with Crippen LogP contribution in [0, 0.1) is 0 Å². The topological polar surface area (TPSA) is 38.9 Å². The summed E-state index contributed by atoms with van der Waals surface area (Å²) >= 11 is 0. The lowest BCUT2D eigenvalue weighted by molar-refractivity contribution is 0.669. The molecule has 0 atom stereocenters. The Morgan fingerprint density at radius 1 is 0.291 bits per heavy atom. The fourth-order valence-electron chi connectivity index (χ4n) is 7.59. The summed E-state index contributed by atoms with van der Waals surface area (Å²) in [4.78, 5) is 10.1. The Morgan fingerprint density at radius 2 is 0.764 bits per heavy atom. The average Bonchev–Trinajstić information content (AvgIpc) is 3.65. The van der Waals surface area contributed by atoms with Gasteiger partial charge in [-0.1, -0.05) is 170 Å². The maximum absolute atomic E-state index is 6.41. The first-order chi connectivity index (χ1) is 27.2. The van der Waals surface area contributed by atoms with E-state index in [9.17, 15) is 0 Å². The molecule has 10 rings (SSSR count). The lowest BCUT2D eigenvalue weighted by Gasteiger charge is -2.19. The Balaban J connectivity index is 1.16. The van der Waals surface area contributed by atoms with E-state index in [0.29, 0.717) is 5.82 Å². The predicted octanol–water partition coefficient (Wildman–Crippen LogP) is 14.0. The molecule has 0 spiro atoms. The van der Waals surface area contributed by atoms with E-state index in [1.807, 2.05) is 48.5 Å². The molecule has 0 unspecified atom stereocenters. The molecule has 0 radical (unpaired) electrons. The third kappa shape index (κ3) is 6.18. The number of para-hydroxylation sites is 1. The van der Waals surface area contributed by atoms with Gasteiger partial charge < -0.3 is 4.42 Å². The van der Waals surface area contributed by atoms with E-state index in [1.165, 1.54) is 5.56 Å². The third-order valence-electron chi connectivity index (χ3n) is 10.3. The van der Waals surface area contributed by atoms with Gasteiger partial charge in [0.05, 0.1) is 11.4 Å². The second-order valence-corrected chi connectivity index (χ2v) is 13.8. The van der Waals surface area contributed by atoms with E-state index in [4.69, 9.17) is 14.4 Å².